The van der Waals surface area contributed by atoms with Crippen molar-refractivity contribution in [1.29, 1.82) is 0 Å². The summed E-state index contributed by atoms with van der Waals surface area (Å²) in [6, 6.07) is 6.66. The van der Waals surface area contributed by atoms with Gasteiger partial charge in [0.25, 0.3) is 5.91 Å². The number of pyridine rings is 1. The molecule has 1 amide bonds. The Morgan fingerprint density at radius 1 is 1.13 bits per heavy atom. The van der Waals surface area contributed by atoms with Crippen LogP contribution in [-0.2, 0) is 27.2 Å². The summed E-state index contributed by atoms with van der Waals surface area (Å²) in [6.07, 6.45) is 1.50. The smallest absolute Gasteiger partial charge is 0.255 e. The molecule has 0 aliphatic heterocycles. The zero-order valence-electron chi connectivity index (χ0n) is 21.2. The Kier molecular flexibility index (Phi) is 6.15. The van der Waals surface area contributed by atoms with Crippen LogP contribution in [0.15, 0.2) is 53.4 Å². The van der Waals surface area contributed by atoms with Crippen LogP contribution >= 0.6 is 0 Å². The third kappa shape index (κ3) is 3.76. The normalized spacial score (nSPS) is 26.3. The number of Topliss-reactive ketones (excluding diaryl/α,β-unsaturated/α-hetero) is 3. The molecular formula is C28H27N3O8. The predicted molar refractivity (Wildman–Crippen MR) is 137 cm³/mol. The molecule has 2 aromatic rings. The summed E-state index contributed by atoms with van der Waals surface area (Å²) in [5.41, 5.74) is 2.42. The maximum atomic E-state index is 13.9. The highest BCUT2D eigenvalue weighted by molar-refractivity contribution is 6.24. The number of nitrogens with zero attached hydrogens (tertiary/aromatic N) is 2. The summed E-state index contributed by atoms with van der Waals surface area (Å²) < 4.78 is 0. The minimum absolute atomic E-state index is 0.0340. The molecule has 1 aromatic heterocycles. The van der Waals surface area contributed by atoms with Gasteiger partial charge in [-0.3, -0.25) is 29.1 Å². The molecule has 3 aliphatic carbocycles. The van der Waals surface area contributed by atoms with E-state index in [2.05, 4.69) is 4.98 Å². The molecule has 11 nitrogen and oxygen atoms in total. The summed E-state index contributed by atoms with van der Waals surface area (Å²) >= 11 is 0. The Morgan fingerprint density at radius 3 is 2.46 bits per heavy atom. The molecule has 0 saturated heterocycles. The van der Waals surface area contributed by atoms with Gasteiger partial charge in [0.15, 0.2) is 17.2 Å². The quantitative estimate of drug-likeness (QED) is 0.271. The number of nitrogens with two attached hydrogens (primary N) is 1. The number of hydrogen-bond acceptors (Lipinski definition) is 10. The molecule has 1 heterocycles. The Labute approximate surface area is 222 Å². The van der Waals surface area contributed by atoms with Crippen LogP contribution in [0.2, 0.25) is 0 Å². The second-order valence-electron chi connectivity index (χ2n) is 10.4. The summed E-state index contributed by atoms with van der Waals surface area (Å²) in [7, 11) is 3.06. The van der Waals surface area contributed by atoms with E-state index in [4.69, 9.17) is 5.73 Å². The van der Waals surface area contributed by atoms with Crippen LogP contribution in [0, 0.1) is 11.8 Å². The highest BCUT2D eigenvalue weighted by atomic mass is 16.3. The number of ketones is 3. The molecule has 0 bridgehead atoms. The first-order valence-corrected chi connectivity index (χ1v) is 12.3. The monoisotopic (exact) mass is 533 g/mol. The van der Waals surface area contributed by atoms with Gasteiger partial charge in [0.05, 0.1) is 18.0 Å². The van der Waals surface area contributed by atoms with Crippen molar-refractivity contribution in [3.63, 3.8) is 0 Å². The molecule has 4 unspecified atom stereocenters. The van der Waals surface area contributed by atoms with E-state index in [1.807, 2.05) is 0 Å². The number of phenols is 1. The fraction of sp³-hybridized carbons (Fsp3) is 0.321. The van der Waals surface area contributed by atoms with Crippen molar-refractivity contribution in [3.05, 3.63) is 75.8 Å². The summed E-state index contributed by atoms with van der Waals surface area (Å²) in [5.74, 6) is -7.68. The molecule has 1 fully saturated rings. The first kappa shape index (κ1) is 26.3. The number of carbonyl (C=O) groups excluding carboxylic acids is 4. The van der Waals surface area contributed by atoms with E-state index < -0.39 is 58.0 Å². The molecule has 1 aromatic carbocycles. The second-order valence-corrected chi connectivity index (χ2v) is 10.4. The second kappa shape index (κ2) is 9.14. The molecule has 3 aliphatic rings. The SMILES string of the molecule is CN(C)C1C(=O)C(C(N)=O)=C(O)C2(O)C(=O)C3=C(O)c4c(O)ccc(C(=O)Cc5ccccn5)c4CC3CC12. The molecule has 11 heteroatoms. The number of primary amides is 1. The number of fused-ring (bicyclic) bond motifs is 3. The van der Waals surface area contributed by atoms with Crippen molar-refractivity contribution in [2.24, 2.45) is 17.6 Å². The van der Waals surface area contributed by atoms with Gasteiger partial charge in [0.2, 0.25) is 5.78 Å². The Balaban J connectivity index is 1.66. The number of aromatic hydroxyl groups is 1. The average Bonchev–Trinajstić information content (AvgIpc) is 2.86. The number of aliphatic hydroxyl groups is 3. The molecule has 0 radical (unpaired) electrons. The molecule has 4 atom stereocenters. The number of aliphatic hydroxyl groups excluding tert-OH is 2. The predicted octanol–water partition coefficient (Wildman–Crippen LogP) is 0.784. The number of hydrogen-bond donors (Lipinski definition) is 5. The lowest BCUT2D eigenvalue weighted by Crippen LogP contribution is -2.65. The van der Waals surface area contributed by atoms with Crippen molar-refractivity contribution in [3.8, 4) is 5.75 Å². The van der Waals surface area contributed by atoms with Crippen LogP contribution in [0.1, 0.15) is 33.6 Å². The summed E-state index contributed by atoms with van der Waals surface area (Å²) in [4.78, 5) is 58.0. The van der Waals surface area contributed by atoms with E-state index >= 15 is 0 Å². The molecule has 39 heavy (non-hydrogen) atoms. The molecular weight excluding hydrogens is 506 g/mol. The van der Waals surface area contributed by atoms with Crippen LogP contribution in [0.4, 0.5) is 0 Å². The van der Waals surface area contributed by atoms with Crippen molar-refractivity contribution in [2.75, 3.05) is 14.1 Å². The maximum Gasteiger partial charge on any atom is 0.255 e. The number of phenolic OH excluding ortho intramolecular Hbond substituents is 1. The number of likely N-dealkylation sites (N-methyl/N-ethyl adjacent to an activating group) is 1. The number of rotatable bonds is 5. The van der Waals surface area contributed by atoms with Crippen LogP contribution in [0.5, 0.6) is 5.75 Å². The fourth-order valence-electron chi connectivity index (χ4n) is 6.27. The number of benzene rings is 1. The van der Waals surface area contributed by atoms with E-state index in [1.165, 1.54) is 31.1 Å². The molecule has 1 saturated carbocycles. The maximum absolute atomic E-state index is 13.9. The summed E-state index contributed by atoms with van der Waals surface area (Å²) in [6.45, 7) is 0. The number of amides is 1. The Hall–Kier alpha value is -4.35. The summed E-state index contributed by atoms with van der Waals surface area (Å²) in [5, 5.41) is 44.5. The number of aromatic nitrogens is 1. The fourth-order valence-corrected chi connectivity index (χ4v) is 6.27. The van der Waals surface area contributed by atoms with Gasteiger partial charge in [0.1, 0.15) is 22.8 Å². The highest BCUT2D eigenvalue weighted by Gasteiger charge is 2.64. The largest absolute Gasteiger partial charge is 0.508 e. The van der Waals surface area contributed by atoms with Crippen molar-refractivity contribution < 1.29 is 39.6 Å². The van der Waals surface area contributed by atoms with Gasteiger partial charge in [-0.25, -0.2) is 0 Å². The van der Waals surface area contributed by atoms with Gasteiger partial charge < -0.3 is 26.2 Å². The lowest BCUT2D eigenvalue weighted by Gasteiger charge is -2.50. The van der Waals surface area contributed by atoms with E-state index in [0.717, 1.165) is 0 Å². The van der Waals surface area contributed by atoms with Gasteiger partial charge in [-0.1, -0.05) is 6.07 Å². The van der Waals surface area contributed by atoms with Gasteiger partial charge >= 0.3 is 0 Å². The van der Waals surface area contributed by atoms with Gasteiger partial charge in [-0.15, -0.1) is 0 Å². The van der Waals surface area contributed by atoms with Crippen molar-refractivity contribution >= 4 is 29.0 Å². The van der Waals surface area contributed by atoms with E-state index in [1.54, 1.807) is 24.4 Å². The lowest BCUT2D eigenvalue weighted by atomic mass is 9.57. The minimum Gasteiger partial charge on any atom is -0.508 e. The van der Waals surface area contributed by atoms with Crippen molar-refractivity contribution in [2.45, 2.75) is 30.9 Å². The first-order valence-electron chi connectivity index (χ1n) is 12.3. The first-order chi connectivity index (χ1) is 18.4. The van der Waals surface area contributed by atoms with E-state index in [-0.39, 0.29) is 47.5 Å². The molecule has 6 N–H and O–H groups in total. The Morgan fingerprint density at radius 2 is 1.85 bits per heavy atom. The highest BCUT2D eigenvalue weighted by Crippen LogP contribution is 2.53. The molecule has 202 valence electrons. The van der Waals surface area contributed by atoms with E-state index in [0.29, 0.717) is 11.3 Å². The average molecular weight is 534 g/mol. The van der Waals surface area contributed by atoms with Gasteiger partial charge in [-0.2, -0.15) is 0 Å². The van der Waals surface area contributed by atoms with Crippen LogP contribution in [0.3, 0.4) is 0 Å². The van der Waals surface area contributed by atoms with Crippen molar-refractivity contribution in [1.82, 2.24) is 9.88 Å². The van der Waals surface area contributed by atoms with Crippen LogP contribution in [0.25, 0.3) is 5.76 Å². The van der Waals surface area contributed by atoms with Crippen LogP contribution in [-0.4, -0.2) is 79.3 Å². The third-order valence-electron chi connectivity index (χ3n) is 7.97. The Bertz CT molecular complexity index is 1510. The standard InChI is InChI=1S/C28H27N3O8/c1-31(2)22-16-10-12-9-15-14(18(33)11-13-5-3-4-8-30-13)6-7-17(32)20(15)23(34)19(12)25(36)28(16,39)26(37)21(24(22)35)27(29)38/h3-8,12,16,22,32,34,37,39H,9-11H2,1-2H3,(H2,29,38). The molecule has 5 rings (SSSR count). The van der Waals surface area contributed by atoms with Gasteiger partial charge in [0, 0.05) is 28.9 Å². The van der Waals surface area contributed by atoms with Gasteiger partial charge in [-0.05, 0) is 62.7 Å². The van der Waals surface area contributed by atoms with Crippen LogP contribution < -0.4 is 5.73 Å². The third-order valence-corrected chi connectivity index (χ3v) is 7.97. The molecule has 0 spiro atoms. The minimum atomic E-state index is -2.72. The van der Waals surface area contributed by atoms with E-state index in [9.17, 15) is 39.6 Å². The topological polar surface area (TPSA) is 191 Å². The zero-order valence-corrected chi connectivity index (χ0v) is 21.2. The lowest BCUT2D eigenvalue weighted by molar-refractivity contribution is -0.153. The zero-order chi connectivity index (χ0) is 28.4. The number of carbonyl (C=O) groups is 4.